The van der Waals surface area contributed by atoms with Crippen LogP contribution in [0.15, 0.2) is 18.2 Å². The van der Waals surface area contributed by atoms with Gasteiger partial charge in [0.25, 0.3) is 0 Å². The quantitative estimate of drug-likeness (QED) is 0.881. The summed E-state index contributed by atoms with van der Waals surface area (Å²) in [6, 6.07) is 3.52. The molecule has 1 unspecified atom stereocenters. The Morgan fingerprint density at radius 3 is 2.33 bits per heavy atom. The second kappa shape index (κ2) is 4.67. The van der Waals surface area contributed by atoms with Gasteiger partial charge in [-0.15, -0.1) is 0 Å². The summed E-state index contributed by atoms with van der Waals surface area (Å²) in [5.74, 6) is -0.919. The zero-order chi connectivity index (χ0) is 13.3. The molecule has 0 saturated carbocycles. The van der Waals surface area contributed by atoms with Crippen LogP contribution >= 0.6 is 0 Å². The molecular formula is C14H17F2NO. The molecule has 2 nitrogen and oxygen atoms in total. The molecule has 1 aromatic carbocycles. The Kier molecular flexibility index (Phi) is 3.37. The highest BCUT2D eigenvalue weighted by atomic mass is 19.1. The number of hydrogen-bond donors (Lipinski definition) is 1. The van der Waals surface area contributed by atoms with Gasteiger partial charge < -0.3 is 5.32 Å². The molecule has 0 aliphatic carbocycles. The van der Waals surface area contributed by atoms with Crippen molar-refractivity contribution < 1.29 is 13.6 Å². The zero-order valence-electron chi connectivity index (χ0n) is 10.6. The van der Waals surface area contributed by atoms with E-state index < -0.39 is 11.6 Å². The highest BCUT2D eigenvalue weighted by molar-refractivity contribution is 5.79. The molecule has 1 saturated heterocycles. The fourth-order valence-electron chi connectivity index (χ4n) is 2.59. The molecule has 1 N–H and O–H groups in total. The van der Waals surface area contributed by atoms with E-state index >= 15 is 0 Å². The molecule has 1 amide bonds. The van der Waals surface area contributed by atoms with Gasteiger partial charge in [-0.05, 0) is 36.5 Å². The predicted molar refractivity (Wildman–Crippen MR) is 65.0 cm³/mol. The van der Waals surface area contributed by atoms with Gasteiger partial charge in [0.15, 0.2) is 0 Å². The number of halogens is 2. The maximum atomic E-state index is 13.2. The lowest BCUT2D eigenvalue weighted by atomic mass is 9.80. The molecule has 0 radical (unpaired) electrons. The summed E-state index contributed by atoms with van der Waals surface area (Å²) in [4.78, 5) is 11.4. The molecule has 1 aromatic rings. The highest BCUT2D eigenvalue weighted by Gasteiger charge is 2.40. The molecule has 1 atom stereocenters. The number of benzene rings is 1. The Morgan fingerprint density at radius 1 is 1.28 bits per heavy atom. The van der Waals surface area contributed by atoms with Gasteiger partial charge in [-0.3, -0.25) is 4.79 Å². The van der Waals surface area contributed by atoms with Crippen LogP contribution in [0, 0.1) is 17.6 Å². The number of rotatable bonds is 3. The molecule has 0 spiro atoms. The van der Waals surface area contributed by atoms with Crippen molar-refractivity contribution in [2.45, 2.75) is 38.6 Å². The SMILES string of the molecule is CC(C)C1(Cc2cc(F)cc(F)c2)CCC(=O)N1. The second-order valence-electron chi connectivity index (χ2n) is 5.31. The maximum absolute atomic E-state index is 13.2. The Labute approximate surface area is 105 Å². The average molecular weight is 253 g/mol. The number of nitrogens with one attached hydrogen (secondary N) is 1. The van der Waals surface area contributed by atoms with E-state index in [-0.39, 0.29) is 17.4 Å². The van der Waals surface area contributed by atoms with Gasteiger partial charge >= 0.3 is 0 Å². The smallest absolute Gasteiger partial charge is 0.220 e. The van der Waals surface area contributed by atoms with Crippen molar-refractivity contribution in [1.29, 1.82) is 0 Å². The molecule has 98 valence electrons. The van der Waals surface area contributed by atoms with E-state index in [0.717, 1.165) is 6.07 Å². The van der Waals surface area contributed by atoms with Crippen molar-refractivity contribution in [2.24, 2.45) is 5.92 Å². The third-order valence-corrected chi connectivity index (χ3v) is 3.73. The summed E-state index contributed by atoms with van der Waals surface area (Å²) in [5, 5.41) is 2.97. The molecule has 4 heteroatoms. The Bertz CT molecular complexity index is 453. The third-order valence-electron chi connectivity index (χ3n) is 3.73. The van der Waals surface area contributed by atoms with Crippen molar-refractivity contribution in [2.75, 3.05) is 0 Å². The average Bonchev–Trinajstić information content (AvgIpc) is 2.59. The lowest BCUT2D eigenvalue weighted by molar-refractivity contribution is -0.120. The van der Waals surface area contributed by atoms with E-state index in [2.05, 4.69) is 5.32 Å². The first-order valence-corrected chi connectivity index (χ1v) is 6.17. The molecule has 1 aliphatic heterocycles. The van der Waals surface area contributed by atoms with Crippen LogP contribution in [-0.2, 0) is 11.2 Å². The van der Waals surface area contributed by atoms with Crippen molar-refractivity contribution in [3.05, 3.63) is 35.4 Å². The number of hydrogen-bond acceptors (Lipinski definition) is 1. The summed E-state index contributed by atoms with van der Waals surface area (Å²) in [5.41, 5.74) is 0.209. The topological polar surface area (TPSA) is 29.1 Å². The lowest BCUT2D eigenvalue weighted by Crippen LogP contribution is -2.48. The second-order valence-corrected chi connectivity index (χ2v) is 5.31. The first-order valence-electron chi connectivity index (χ1n) is 6.17. The molecule has 1 heterocycles. The number of carbonyl (C=O) groups excluding carboxylic acids is 1. The van der Waals surface area contributed by atoms with Crippen molar-refractivity contribution >= 4 is 5.91 Å². The fourth-order valence-corrected chi connectivity index (χ4v) is 2.59. The predicted octanol–water partition coefficient (Wildman–Crippen LogP) is 2.81. The van der Waals surface area contributed by atoms with E-state index in [1.54, 1.807) is 0 Å². The third kappa shape index (κ3) is 2.52. The standard InChI is InChI=1S/C14H17F2NO/c1-9(2)14(4-3-13(18)17-14)8-10-5-11(15)7-12(16)6-10/h5-7,9H,3-4,8H2,1-2H3,(H,17,18). The Hall–Kier alpha value is -1.45. The van der Waals surface area contributed by atoms with Crippen molar-refractivity contribution in [1.82, 2.24) is 5.32 Å². The van der Waals surface area contributed by atoms with Gasteiger partial charge in [0.2, 0.25) is 5.91 Å². The molecule has 0 bridgehead atoms. The van der Waals surface area contributed by atoms with Gasteiger partial charge in [-0.2, -0.15) is 0 Å². The maximum Gasteiger partial charge on any atom is 0.220 e. The van der Waals surface area contributed by atoms with Crippen LogP contribution in [0.1, 0.15) is 32.3 Å². The molecule has 1 fully saturated rings. The van der Waals surface area contributed by atoms with Crippen molar-refractivity contribution in [3.63, 3.8) is 0 Å². The summed E-state index contributed by atoms with van der Waals surface area (Å²) in [6.07, 6.45) is 1.66. The largest absolute Gasteiger partial charge is 0.350 e. The minimum absolute atomic E-state index is 0.0144. The van der Waals surface area contributed by atoms with Crippen LogP contribution in [0.3, 0.4) is 0 Å². The van der Waals surface area contributed by atoms with E-state index in [1.807, 2.05) is 13.8 Å². The van der Waals surface area contributed by atoms with Gasteiger partial charge in [0, 0.05) is 18.0 Å². The van der Waals surface area contributed by atoms with Gasteiger partial charge in [0.1, 0.15) is 11.6 Å². The van der Waals surface area contributed by atoms with Crippen LogP contribution in [0.25, 0.3) is 0 Å². The van der Waals surface area contributed by atoms with Crippen LogP contribution in [-0.4, -0.2) is 11.4 Å². The monoisotopic (exact) mass is 253 g/mol. The Morgan fingerprint density at radius 2 is 1.89 bits per heavy atom. The van der Waals surface area contributed by atoms with Crippen LogP contribution in [0.5, 0.6) is 0 Å². The fraction of sp³-hybridized carbons (Fsp3) is 0.500. The van der Waals surface area contributed by atoms with Gasteiger partial charge in [-0.25, -0.2) is 8.78 Å². The van der Waals surface area contributed by atoms with E-state index in [1.165, 1.54) is 12.1 Å². The summed E-state index contributed by atoms with van der Waals surface area (Å²) >= 11 is 0. The van der Waals surface area contributed by atoms with E-state index in [0.29, 0.717) is 24.8 Å². The molecule has 0 aromatic heterocycles. The first kappa shape index (κ1) is 13.0. The summed E-state index contributed by atoms with van der Waals surface area (Å²) in [7, 11) is 0. The lowest BCUT2D eigenvalue weighted by Gasteiger charge is -2.33. The van der Waals surface area contributed by atoms with Crippen LogP contribution in [0.4, 0.5) is 8.78 Å². The molecule has 18 heavy (non-hydrogen) atoms. The van der Waals surface area contributed by atoms with E-state index in [9.17, 15) is 13.6 Å². The Balaban J connectivity index is 2.27. The summed E-state index contributed by atoms with van der Waals surface area (Å²) < 4.78 is 26.4. The molecular weight excluding hydrogens is 236 g/mol. The van der Waals surface area contributed by atoms with Crippen LogP contribution in [0.2, 0.25) is 0 Å². The van der Waals surface area contributed by atoms with Crippen molar-refractivity contribution in [3.8, 4) is 0 Å². The number of amides is 1. The van der Waals surface area contributed by atoms with Gasteiger partial charge in [0.05, 0.1) is 0 Å². The highest BCUT2D eigenvalue weighted by Crippen LogP contribution is 2.32. The number of carbonyl (C=O) groups is 1. The summed E-state index contributed by atoms with van der Waals surface area (Å²) in [6.45, 7) is 4.03. The normalized spacial score (nSPS) is 23.5. The van der Waals surface area contributed by atoms with Gasteiger partial charge in [-0.1, -0.05) is 13.8 Å². The zero-order valence-corrected chi connectivity index (χ0v) is 10.6. The molecule has 1 aliphatic rings. The minimum Gasteiger partial charge on any atom is -0.350 e. The van der Waals surface area contributed by atoms with E-state index in [4.69, 9.17) is 0 Å². The molecule has 2 rings (SSSR count). The minimum atomic E-state index is -0.576. The van der Waals surface area contributed by atoms with Crippen LogP contribution < -0.4 is 5.32 Å². The first-order chi connectivity index (χ1) is 8.41.